The summed E-state index contributed by atoms with van der Waals surface area (Å²) in [6.07, 6.45) is 0.572. The first-order valence-corrected chi connectivity index (χ1v) is 2.44. The molecule has 0 bridgehead atoms. The summed E-state index contributed by atoms with van der Waals surface area (Å²) in [5, 5.41) is 16.2. The fraction of sp³-hybridized carbons (Fsp3) is 0.200. The Morgan fingerprint density at radius 3 is 2.20 bits per heavy atom. The van der Waals surface area contributed by atoms with Gasteiger partial charge in [0.15, 0.2) is 0 Å². The average Bonchev–Trinajstić information content (AvgIpc) is 1.82. The highest BCUT2D eigenvalue weighted by molar-refractivity contribution is 5.86. The molecule has 0 aromatic carbocycles. The molecule has 0 atom stereocenters. The van der Waals surface area contributed by atoms with Crippen molar-refractivity contribution in [2.75, 3.05) is 0 Å². The van der Waals surface area contributed by atoms with Crippen molar-refractivity contribution < 1.29 is 19.8 Å². The second-order valence-electron chi connectivity index (χ2n) is 1.56. The lowest BCUT2D eigenvalue weighted by Crippen LogP contribution is -2.10. The summed E-state index contributed by atoms with van der Waals surface area (Å²) in [7, 11) is 0. The lowest BCUT2D eigenvalue weighted by atomic mass is 10.3. The summed E-state index contributed by atoms with van der Waals surface area (Å²) < 4.78 is 0. The van der Waals surface area contributed by atoms with Crippen molar-refractivity contribution in [1.29, 1.82) is 0 Å². The van der Waals surface area contributed by atoms with Gasteiger partial charge in [-0.05, 0) is 6.08 Å². The van der Waals surface area contributed by atoms with Crippen molar-refractivity contribution in [3.63, 3.8) is 0 Å². The molecule has 4 N–H and O–H groups in total. The van der Waals surface area contributed by atoms with E-state index in [1.54, 1.807) is 0 Å². The molecule has 0 aliphatic heterocycles. The van der Waals surface area contributed by atoms with E-state index >= 15 is 0 Å². The lowest BCUT2D eigenvalue weighted by molar-refractivity contribution is -0.136. The van der Waals surface area contributed by atoms with Crippen molar-refractivity contribution in [2.45, 2.75) is 6.42 Å². The minimum absolute atomic E-state index is 0.363. The minimum Gasteiger partial charge on any atom is -0.481 e. The van der Waals surface area contributed by atoms with Crippen LogP contribution in [0.1, 0.15) is 6.42 Å². The molecule has 10 heavy (non-hydrogen) atoms. The third kappa shape index (κ3) is 3.48. The van der Waals surface area contributed by atoms with Gasteiger partial charge in [-0.1, -0.05) is 0 Å². The van der Waals surface area contributed by atoms with E-state index in [9.17, 15) is 9.59 Å². The number of carboxylic acid groups (broad SMARTS) is 2. The van der Waals surface area contributed by atoms with Gasteiger partial charge in [-0.25, -0.2) is 4.79 Å². The van der Waals surface area contributed by atoms with Gasteiger partial charge in [0, 0.05) is 0 Å². The van der Waals surface area contributed by atoms with E-state index in [-0.39, 0.29) is 6.42 Å². The van der Waals surface area contributed by atoms with Crippen molar-refractivity contribution in [3.8, 4) is 0 Å². The Hall–Kier alpha value is -1.52. The standard InChI is InChI=1S/C5H7NO4/c6-3(5(9)10)1-2-4(7)8/h1H,2,6H2,(H,7,8)(H,9,10)/b3-1+. The molecule has 0 radical (unpaired) electrons. The van der Waals surface area contributed by atoms with Gasteiger partial charge in [-0.15, -0.1) is 0 Å². The third-order valence-corrected chi connectivity index (χ3v) is 0.744. The maximum Gasteiger partial charge on any atom is 0.351 e. The summed E-state index contributed by atoms with van der Waals surface area (Å²) in [6.45, 7) is 0. The smallest absolute Gasteiger partial charge is 0.351 e. The van der Waals surface area contributed by atoms with Crippen LogP contribution in [0.15, 0.2) is 11.8 Å². The molecule has 0 aromatic rings. The van der Waals surface area contributed by atoms with Crippen LogP contribution in [0.5, 0.6) is 0 Å². The van der Waals surface area contributed by atoms with E-state index in [1.165, 1.54) is 0 Å². The Bertz CT molecular complexity index is 184. The molecule has 0 saturated carbocycles. The van der Waals surface area contributed by atoms with E-state index in [0.717, 1.165) is 6.08 Å². The van der Waals surface area contributed by atoms with E-state index in [4.69, 9.17) is 15.9 Å². The van der Waals surface area contributed by atoms with Gasteiger partial charge in [-0.3, -0.25) is 4.79 Å². The van der Waals surface area contributed by atoms with Crippen molar-refractivity contribution >= 4 is 11.9 Å². The van der Waals surface area contributed by atoms with Crippen LogP contribution in [0.3, 0.4) is 0 Å². The van der Waals surface area contributed by atoms with Gasteiger partial charge in [0.2, 0.25) is 0 Å². The normalized spacial score (nSPS) is 11.0. The molecular formula is C5H7NO4. The minimum atomic E-state index is -1.30. The predicted octanol–water partition coefficient (Wildman–Crippen LogP) is -0.612. The molecule has 0 rings (SSSR count). The average molecular weight is 145 g/mol. The van der Waals surface area contributed by atoms with Gasteiger partial charge in [0.25, 0.3) is 0 Å². The molecule has 56 valence electrons. The van der Waals surface area contributed by atoms with Gasteiger partial charge < -0.3 is 15.9 Å². The van der Waals surface area contributed by atoms with E-state index in [2.05, 4.69) is 0 Å². The van der Waals surface area contributed by atoms with Crippen LogP contribution in [0, 0.1) is 0 Å². The summed E-state index contributed by atoms with van der Waals surface area (Å²) in [5.74, 6) is -2.41. The summed E-state index contributed by atoms with van der Waals surface area (Å²) in [5.41, 5.74) is 4.42. The van der Waals surface area contributed by atoms with Gasteiger partial charge >= 0.3 is 11.9 Å². The molecule has 0 spiro atoms. The second kappa shape index (κ2) is 3.49. The van der Waals surface area contributed by atoms with Crippen LogP contribution >= 0.6 is 0 Å². The molecule has 0 aromatic heterocycles. The largest absolute Gasteiger partial charge is 0.481 e. The number of hydrogen-bond acceptors (Lipinski definition) is 3. The molecule has 5 heteroatoms. The summed E-state index contributed by atoms with van der Waals surface area (Å²) in [6, 6.07) is 0. The van der Waals surface area contributed by atoms with E-state index in [1.807, 2.05) is 0 Å². The third-order valence-electron chi connectivity index (χ3n) is 0.744. The molecular weight excluding hydrogens is 138 g/mol. The highest BCUT2D eigenvalue weighted by Gasteiger charge is 2.00. The lowest BCUT2D eigenvalue weighted by Gasteiger charge is -1.89. The number of aliphatic carboxylic acids is 2. The monoisotopic (exact) mass is 145 g/mol. The highest BCUT2D eigenvalue weighted by atomic mass is 16.4. The maximum atomic E-state index is 9.93. The van der Waals surface area contributed by atoms with Crippen LogP contribution in [0.2, 0.25) is 0 Å². The SMILES string of the molecule is N/C(=C/CC(=O)O)C(=O)O. The molecule has 0 aliphatic rings. The van der Waals surface area contributed by atoms with E-state index < -0.39 is 17.6 Å². The number of hydrogen-bond donors (Lipinski definition) is 3. The van der Waals surface area contributed by atoms with Gasteiger partial charge in [0.1, 0.15) is 5.70 Å². The first-order valence-electron chi connectivity index (χ1n) is 2.44. The Labute approximate surface area is 56.8 Å². The fourth-order valence-corrected chi connectivity index (χ4v) is 0.285. The molecule has 0 fully saturated rings. The quantitative estimate of drug-likeness (QED) is 0.460. The number of nitrogens with two attached hydrogens (primary N) is 1. The zero-order valence-corrected chi connectivity index (χ0v) is 5.07. The maximum absolute atomic E-state index is 9.93. The number of carboxylic acids is 2. The van der Waals surface area contributed by atoms with Crippen molar-refractivity contribution in [1.82, 2.24) is 0 Å². The van der Waals surface area contributed by atoms with Gasteiger partial charge in [-0.2, -0.15) is 0 Å². The van der Waals surface area contributed by atoms with Crippen molar-refractivity contribution in [3.05, 3.63) is 11.8 Å². The Morgan fingerprint density at radius 1 is 1.40 bits per heavy atom. The first-order chi connectivity index (χ1) is 4.54. The molecule has 0 saturated heterocycles. The van der Waals surface area contributed by atoms with Crippen LogP contribution in [0.25, 0.3) is 0 Å². The number of rotatable bonds is 3. The Morgan fingerprint density at radius 2 is 1.90 bits per heavy atom. The Balaban J connectivity index is 3.92. The van der Waals surface area contributed by atoms with Crippen LogP contribution in [0.4, 0.5) is 0 Å². The molecule has 0 aliphatic carbocycles. The van der Waals surface area contributed by atoms with Gasteiger partial charge in [0.05, 0.1) is 6.42 Å². The molecule has 0 heterocycles. The number of carbonyl (C=O) groups is 2. The van der Waals surface area contributed by atoms with Crippen LogP contribution in [-0.4, -0.2) is 22.2 Å². The first kappa shape index (κ1) is 8.48. The highest BCUT2D eigenvalue weighted by Crippen LogP contribution is 1.87. The zero-order valence-electron chi connectivity index (χ0n) is 5.07. The van der Waals surface area contributed by atoms with Crippen LogP contribution in [-0.2, 0) is 9.59 Å². The van der Waals surface area contributed by atoms with Crippen molar-refractivity contribution in [2.24, 2.45) is 5.73 Å². The van der Waals surface area contributed by atoms with Crippen LogP contribution < -0.4 is 5.73 Å². The molecule has 0 unspecified atom stereocenters. The van der Waals surface area contributed by atoms with E-state index in [0.29, 0.717) is 0 Å². The summed E-state index contributed by atoms with van der Waals surface area (Å²) >= 11 is 0. The Kier molecular flexibility index (Phi) is 2.96. The zero-order chi connectivity index (χ0) is 8.15. The molecule has 0 amide bonds. The topological polar surface area (TPSA) is 101 Å². The summed E-state index contributed by atoms with van der Waals surface area (Å²) in [4.78, 5) is 19.8. The second-order valence-corrected chi connectivity index (χ2v) is 1.56. The fourth-order valence-electron chi connectivity index (χ4n) is 0.285. The molecule has 5 nitrogen and oxygen atoms in total. The predicted molar refractivity (Wildman–Crippen MR) is 32.2 cm³/mol.